The molecule has 0 saturated carbocycles. The number of fused-ring (bicyclic) bond motifs is 1. The number of rotatable bonds is 6. The van der Waals surface area contributed by atoms with Crippen LogP contribution in [0.15, 0.2) is 38.6 Å². The van der Waals surface area contributed by atoms with Crippen LogP contribution in [0.2, 0.25) is 0 Å². The molecule has 0 radical (unpaired) electrons. The fourth-order valence-corrected chi connectivity index (χ4v) is 3.51. The molecule has 0 aliphatic heterocycles. The number of ketones is 1. The highest BCUT2D eigenvalue weighted by molar-refractivity contribution is 9.10. The molecule has 1 aromatic carbocycles. The summed E-state index contributed by atoms with van der Waals surface area (Å²) in [7, 11) is 1.53. The van der Waals surface area contributed by atoms with Gasteiger partial charge in [-0.05, 0) is 34.5 Å². The minimum absolute atomic E-state index is 0.284. The molecule has 142 valence electrons. The largest absolute Gasteiger partial charge is 0.398 e. The molecule has 0 unspecified atom stereocenters. The lowest BCUT2D eigenvalue weighted by Crippen LogP contribution is -2.41. The minimum atomic E-state index is -0.594. The zero-order chi connectivity index (χ0) is 19.7. The minimum Gasteiger partial charge on any atom is -0.398 e. The third-order valence-corrected chi connectivity index (χ3v) is 5.09. The first-order valence-corrected chi connectivity index (χ1v) is 9.39. The summed E-state index contributed by atoms with van der Waals surface area (Å²) in [6, 6.07) is 6.58. The van der Waals surface area contributed by atoms with Gasteiger partial charge in [-0.25, -0.2) is 9.78 Å². The van der Waals surface area contributed by atoms with Crippen molar-refractivity contribution >= 4 is 38.6 Å². The fourth-order valence-electron chi connectivity index (χ4n) is 2.98. The molecule has 0 amide bonds. The number of nitrogen functional groups attached to an aromatic ring is 1. The van der Waals surface area contributed by atoms with Gasteiger partial charge in [0.05, 0.1) is 6.54 Å². The number of unbranched alkanes of at least 4 members (excludes halogenated alkanes) is 1. The number of Topliss-reactive ketones (excluding diaryl/α,β-unsaturated/α-hetero) is 1. The van der Waals surface area contributed by atoms with Gasteiger partial charge in [-0.15, -0.1) is 0 Å². The average Bonchev–Trinajstić information content (AvgIpc) is 2.98. The van der Waals surface area contributed by atoms with Crippen molar-refractivity contribution in [2.24, 2.45) is 7.05 Å². The number of nitrogens with zero attached hydrogens (tertiary/aromatic N) is 4. The summed E-state index contributed by atoms with van der Waals surface area (Å²) in [5.74, 6) is -0.398. The summed E-state index contributed by atoms with van der Waals surface area (Å²) in [5, 5.41) is 0. The molecule has 0 fully saturated rings. The van der Waals surface area contributed by atoms with Crippen LogP contribution in [0.3, 0.4) is 0 Å². The van der Waals surface area contributed by atoms with Gasteiger partial charge < -0.3 is 10.3 Å². The second-order valence-corrected chi connectivity index (χ2v) is 7.01. The van der Waals surface area contributed by atoms with Crippen LogP contribution in [0.25, 0.3) is 11.2 Å². The van der Waals surface area contributed by atoms with E-state index >= 15 is 0 Å². The van der Waals surface area contributed by atoms with Crippen molar-refractivity contribution in [1.82, 2.24) is 18.7 Å². The number of para-hydroxylation sites is 1. The predicted molar refractivity (Wildman–Crippen MR) is 107 cm³/mol. The Bertz CT molecular complexity index is 1140. The van der Waals surface area contributed by atoms with Crippen molar-refractivity contribution in [2.75, 3.05) is 5.73 Å². The third-order valence-electron chi connectivity index (χ3n) is 4.48. The maximum Gasteiger partial charge on any atom is 0.332 e. The first-order chi connectivity index (χ1) is 12.9. The van der Waals surface area contributed by atoms with E-state index in [0.717, 1.165) is 17.4 Å². The number of hydrogen-bond acceptors (Lipinski definition) is 5. The number of hydrogen-bond donors (Lipinski definition) is 1. The summed E-state index contributed by atoms with van der Waals surface area (Å²) < 4.78 is 4.44. The highest BCUT2D eigenvalue weighted by Gasteiger charge is 2.21. The Balaban J connectivity index is 2.16. The summed E-state index contributed by atoms with van der Waals surface area (Å²) in [6.07, 6.45) is 1.80. The smallest absolute Gasteiger partial charge is 0.332 e. The number of carbonyl (C=O) groups is 1. The van der Waals surface area contributed by atoms with Gasteiger partial charge in [0, 0.05) is 24.8 Å². The molecule has 27 heavy (non-hydrogen) atoms. The molecule has 2 heterocycles. The van der Waals surface area contributed by atoms with Gasteiger partial charge in [0.1, 0.15) is 0 Å². The van der Waals surface area contributed by atoms with Gasteiger partial charge in [0.15, 0.2) is 21.7 Å². The molecule has 0 bridgehead atoms. The molecular formula is C18H20BrN5O3. The number of carbonyl (C=O) groups excluding carboxylic acids is 1. The molecule has 0 spiro atoms. The Hall–Kier alpha value is -2.68. The van der Waals surface area contributed by atoms with E-state index < -0.39 is 17.0 Å². The van der Waals surface area contributed by atoms with Gasteiger partial charge >= 0.3 is 5.69 Å². The second kappa shape index (κ2) is 7.51. The van der Waals surface area contributed by atoms with Gasteiger partial charge in [-0.2, -0.15) is 0 Å². The van der Waals surface area contributed by atoms with E-state index in [0.29, 0.717) is 22.5 Å². The number of nitrogens with two attached hydrogens (primary N) is 1. The lowest BCUT2D eigenvalue weighted by Gasteiger charge is -2.10. The topological polar surface area (TPSA) is 105 Å². The van der Waals surface area contributed by atoms with Crippen molar-refractivity contribution < 1.29 is 4.79 Å². The number of halogens is 1. The summed E-state index contributed by atoms with van der Waals surface area (Å²) in [4.78, 5) is 42.6. The maximum atomic E-state index is 13.0. The third kappa shape index (κ3) is 3.34. The van der Waals surface area contributed by atoms with Crippen molar-refractivity contribution in [2.45, 2.75) is 32.9 Å². The van der Waals surface area contributed by atoms with Gasteiger partial charge in [0.25, 0.3) is 5.56 Å². The average molecular weight is 434 g/mol. The highest BCUT2D eigenvalue weighted by atomic mass is 79.9. The molecule has 0 saturated heterocycles. The van der Waals surface area contributed by atoms with Crippen molar-refractivity contribution in [3.05, 3.63) is 55.4 Å². The predicted octanol–water partition coefficient (Wildman–Crippen LogP) is 1.92. The van der Waals surface area contributed by atoms with Crippen molar-refractivity contribution in [3.8, 4) is 0 Å². The molecule has 2 aromatic heterocycles. The fraction of sp³-hybridized carbons (Fsp3) is 0.333. The van der Waals surface area contributed by atoms with Crippen LogP contribution >= 0.6 is 15.9 Å². The maximum absolute atomic E-state index is 13.0. The van der Waals surface area contributed by atoms with Crippen LogP contribution in [-0.2, 0) is 20.1 Å². The van der Waals surface area contributed by atoms with E-state index in [2.05, 4.69) is 20.9 Å². The quantitative estimate of drug-likeness (QED) is 0.363. The normalized spacial score (nSPS) is 11.2. The van der Waals surface area contributed by atoms with Crippen molar-refractivity contribution in [3.63, 3.8) is 0 Å². The van der Waals surface area contributed by atoms with E-state index in [-0.39, 0.29) is 17.8 Å². The number of anilines is 1. The van der Waals surface area contributed by atoms with Crippen LogP contribution in [0.1, 0.15) is 30.1 Å². The Labute approximate surface area is 163 Å². The molecule has 0 aliphatic rings. The zero-order valence-corrected chi connectivity index (χ0v) is 16.7. The number of aryl methyl sites for hydroxylation is 2. The number of benzene rings is 1. The van der Waals surface area contributed by atoms with Crippen LogP contribution in [0.5, 0.6) is 0 Å². The molecule has 8 nitrogen and oxygen atoms in total. The van der Waals surface area contributed by atoms with Crippen LogP contribution in [-0.4, -0.2) is 24.5 Å². The Kier molecular flexibility index (Phi) is 5.31. The molecule has 0 atom stereocenters. The van der Waals surface area contributed by atoms with Crippen LogP contribution < -0.4 is 17.0 Å². The molecule has 3 aromatic rings. The standard InChI is InChI=1S/C18H20BrN5O3/c1-3-4-9-23-14-15(21-17(23)19)22(2)18(27)24(16(14)26)10-13(25)11-7-5-6-8-12(11)20/h5-8H,3-4,9-10,20H2,1-2H3. The van der Waals surface area contributed by atoms with Gasteiger partial charge in [-0.1, -0.05) is 25.5 Å². The van der Waals surface area contributed by atoms with Gasteiger partial charge in [-0.3, -0.25) is 18.7 Å². The highest BCUT2D eigenvalue weighted by Crippen LogP contribution is 2.17. The summed E-state index contributed by atoms with van der Waals surface area (Å²) >= 11 is 3.36. The van der Waals surface area contributed by atoms with Crippen molar-refractivity contribution in [1.29, 1.82) is 0 Å². The molecule has 2 N–H and O–H groups in total. The Morgan fingerprint density at radius 3 is 2.59 bits per heavy atom. The summed E-state index contributed by atoms with van der Waals surface area (Å²) in [6.45, 7) is 2.25. The van der Waals surface area contributed by atoms with Crippen LogP contribution in [0.4, 0.5) is 5.69 Å². The number of aromatic nitrogens is 4. The van der Waals surface area contributed by atoms with E-state index in [1.54, 1.807) is 28.8 Å². The molecule has 0 aliphatic carbocycles. The van der Waals surface area contributed by atoms with E-state index in [1.165, 1.54) is 11.6 Å². The Morgan fingerprint density at radius 2 is 1.93 bits per heavy atom. The Morgan fingerprint density at radius 1 is 1.22 bits per heavy atom. The van der Waals surface area contributed by atoms with Crippen LogP contribution in [0, 0.1) is 0 Å². The zero-order valence-electron chi connectivity index (χ0n) is 15.1. The number of imidazole rings is 1. The lowest BCUT2D eigenvalue weighted by molar-refractivity contribution is 0.0969. The second-order valence-electron chi connectivity index (χ2n) is 6.30. The molecule has 3 rings (SSSR count). The monoisotopic (exact) mass is 433 g/mol. The van der Waals surface area contributed by atoms with E-state index in [4.69, 9.17) is 5.73 Å². The first-order valence-electron chi connectivity index (χ1n) is 8.60. The van der Waals surface area contributed by atoms with E-state index in [9.17, 15) is 14.4 Å². The summed E-state index contributed by atoms with van der Waals surface area (Å²) in [5.41, 5.74) is 5.89. The van der Waals surface area contributed by atoms with Gasteiger partial charge in [0.2, 0.25) is 0 Å². The van der Waals surface area contributed by atoms with E-state index in [1.807, 2.05) is 6.92 Å². The lowest BCUT2D eigenvalue weighted by atomic mass is 10.1. The SMILES string of the molecule is CCCCn1c(Br)nc2c1c(=O)n(CC(=O)c1ccccc1N)c(=O)n2C. The first kappa shape index (κ1) is 19.1. The molecular weight excluding hydrogens is 414 g/mol. The molecule has 9 heteroatoms.